The molecular weight excluding hydrogens is 356 g/mol. The number of halogens is 2. The van der Waals surface area contributed by atoms with Crippen molar-refractivity contribution in [1.82, 2.24) is 9.55 Å². The van der Waals surface area contributed by atoms with E-state index in [2.05, 4.69) is 28.7 Å². The first-order valence-corrected chi connectivity index (χ1v) is 9.06. The van der Waals surface area contributed by atoms with E-state index in [0.717, 1.165) is 23.5 Å². The molecule has 0 atom stereocenters. The van der Waals surface area contributed by atoms with Crippen LogP contribution in [0.5, 0.6) is 0 Å². The Morgan fingerprint density at radius 2 is 1.92 bits per heavy atom. The van der Waals surface area contributed by atoms with Gasteiger partial charge in [0.05, 0.1) is 11.3 Å². The van der Waals surface area contributed by atoms with Crippen LogP contribution in [0.3, 0.4) is 0 Å². The van der Waals surface area contributed by atoms with Gasteiger partial charge in [0.25, 0.3) is 5.91 Å². The normalized spacial score (nSPS) is 11.2. The van der Waals surface area contributed by atoms with Crippen molar-refractivity contribution >= 4 is 22.4 Å². The van der Waals surface area contributed by atoms with Crippen LogP contribution >= 0.6 is 11.3 Å². The molecule has 0 unspecified atom stereocenters. The molecule has 0 fully saturated rings. The second-order valence-electron chi connectivity index (χ2n) is 6.37. The minimum Gasteiger partial charge on any atom is -0.346 e. The monoisotopic (exact) mass is 375 g/mol. The molecule has 1 amide bonds. The molecule has 2 heterocycles. The van der Waals surface area contributed by atoms with Gasteiger partial charge in [-0.25, -0.2) is 13.8 Å². The summed E-state index contributed by atoms with van der Waals surface area (Å²) >= 11 is 1.23. The number of benzene rings is 1. The SMILES string of the molecule is Cc1cc(C(=O)Nc2nc(-c3ccc(F)c(F)c3)cs2)c(C)n1C(C)C. The third-order valence-corrected chi connectivity index (χ3v) is 4.94. The fraction of sp³-hybridized carbons (Fsp3) is 0.263. The summed E-state index contributed by atoms with van der Waals surface area (Å²) in [6, 6.07) is 5.72. The predicted molar refractivity (Wildman–Crippen MR) is 99.7 cm³/mol. The van der Waals surface area contributed by atoms with Gasteiger partial charge in [0.2, 0.25) is 0 Å². The number of anilines is 1. The second-order valence-corrected chi connectivity index (χ2v) is 7.23. The Bertz CT molecular complexity index is 975. The van der Waals surface area contributed by atoms with Crippen LogP contribution in [-0.2, 0) is 0 Å². The number of aromatic nitrogens is 2. The molecule has 0 aliphatic heterocycles. The van der Waals surface area contributed by atoms with Gasteiger partial charge in [-0.2, -0.15) is 0 Å². The predicted octanol–water partition coefficient (Wildman–Crippen LogP) is 5.34. The van der Waals surface area contributed by atoms with Crippen LogP contribution in [0.25, 0.3) is 11.3 Å². The van der Waals surface area contributed by atoms with Gasteiger partial charge < -0.3 is 4.57 Å². The minimum absolute atomic E-state index is 0.240. The highest BCUT2D eigenvalue weighted by Crippen LogP contribution is 2.27. The topological polar surface area (TPSA) is 46.9 Å². The Morgan fingerprint density at radius 1 is 1.19 bits per heavy atom. The van der Waals surface area contributed by atoms with E-state index < -0.39 is 11.6 Å². The van der Waals surface area contributed by atoms with Crippen molar-refractivity contribution in [2.24, 2.45) is 0 Å². The van der Waals surface area contributed by atoms with Crippen molar-refractivity contribution in [2.75, 3.05) is 5.32 Å². The molecule has 1 N–H and O–H groups in total. The molecule has 2 aromatic heterocycles. The van der Waals surface area contributed by atoms with Crippen LogP contribution in [0, 0.1) is 25.5 Å². The summed E-state index contributed by atoms with van der Waals surface area (Å²) in [5.74, 6) is -2.07. The molecule has 26 heavy (non-hydrogen) atoms. The largest absolute Gasteiger partial charge is 0.346 e. The number of rotatable bonds is 4. The average molecular weight is 375 g/mol. The quantitative estimate of drug-likeness (QED) is 0.669. The van der Waals surface area contributed by atoms with Crippen molar-refractivity contribution in [2.45, 2.75) is 33.7 Å². The molecule has 1 aromatic carbocycles. The fourth-order valence-corrected chi connectivity index (χ4v) is 3.80. The van der Waals surface area contributed by atoms with E-state index in [1.165, 1.54) is 17.4 Å². The molecule has 3 rings (SSSR count). The van der Waals surface area contributed by atoms with E-state index in [1.807, 2.05) is 19.9 Å². The number of thiazole rings is 1. The summed E-state index contributed by atoms with van der Waals surface area (Å²) in [5.41, 5.74) is 3.45. The standard InChI is InChI=1S/C19H19F2N3OS/c1-10(2)24-11(3)7-14(12(24)4)18(25)23-19-22-17(9-26-19)13-5-6-15(20)16(21)8-13/h5-10H,1-4H3,(H,22,23,25). The molecule has 0 saturated heterocycles. The number of aryl methyl sites for hydroxylation is 1. The Labute approximate surface area is 154 Å². The highest BCUT2D eigenvalue weighted by Gasteiger charge is 2.18. The maximum Gasteiger partial charge on any atom is 0.259 e. The first-order valence-electron chi connectivity index (χ1n) is 8.18. The summed E-state index contributed by atoms with van der Waals surface area (Å²) in [5, 5.41) is 4.88. The second kappa shape index (κ2) is 6.99. The molecular formula is C19H19F2N3OS. The lowest BCUT2D eigenvalue weighted by Gasteiger charge is -2.13. The molecule has 7 heteroatoms. The van der Waals surface area contributed by atoms with Gasteiger partial charge in [0.1, 0.15) is 0 Å². The number of carbonyl (C=O) groups excluding carboxylic acids is 1. The highest BCUT2D eigenvalue weighted by molar-refractivity contribution is 7.14. The van der Waals surface area contributed by atoms with Crippen molar-refractivity contribution in [1.29, 1.82) is 0 Å². The van der Waals surface area contributed by atoms with E-state index in [0.29, 0.717) is 22.0 Å². The summed E-state index contributed by atoms with van der Waals surface area (Å²) < 4.78 is 28.5. The Balaban J connectivity index is 1.82. The number of nitrogens with one attached hydrogen (secondary N) is 1. The van der Waals surface area contributed by atoms with E-state index in [1.54, 1.807) is 5.38 Å². The Kier molecular flexibility index (Phi) is 4.91. The number of nitrogens with zero attached hydrogens (tertiary/aromatic N) is 2. The first kappa shape index (κ1) is 18.3. The van der Waals surface area contributed by atoms with Crippen molar-refractivity contribution < 1.29 is 13.6 Å². The van der Waals surface area contributed by atoms with Crippen LogP contribution in [0.2, 0.25) is 0 Å². The van der Waals surface area contributed by atoms with Gasteiger partial charge in [-0.1, -0.05) is 0 Å². The molecule has 3 aromatic rings. The van der Waals surface area contributed by atoms with Crippen molar-refractivity contribution in [3.8, 4) is 11.3 Å². The zero-order chi connectivity index (χ0) is 19.0. The van der Waals surface area contributed by atoms with Crippen LogP contribution in [0.4, 0.5) is 13.9 Å². The fourth-order valence-electron chi connectivity index (χ4n) is 3.09. The third kappa shape index (κ3) is 3.39. The highest BCUT2D eigenvalue weighted by atomic mass is 32.1. The summed E-state index contributed by atoms with van der Waals surface area (Å²) in [6.07, 6.45) is 0. The van der Waals surface area contributed by atoms with Gasteiger partial charge in [-0.05, 0) is 52.0 Å². The van der Waals surface area contributed by atoms with Crippen molar-refractivity contribution in [3.63, 3.8) is 0 Å². The zero-order valence-electron chi connectivity index (χ0n) is 14.9. The van der Waals surface area contributed by atoms with Gasteiger partial charge in [0.15, 0.2) is 16.8 Å². The molecule has 0 aliphatic rings. The van der Waals surface area contributed by atoms with Gasteiger partial charge in [0, 0.05) is 28.4 Å². The van der Waals surface area contributed by atoms with Gasteiger partial charge in [-0.15, -0.1) is 11.3 Å². The number of hydrogen-bond donors (Lipinski definition) is 1. The van der Waals surface area contributed by atoms with Crippen molar-refractivity contribution in [3.05, 3.63) is 58.2 Å². The smallest absolute Gasteiger partial charge is 0.259 e. The van der Waals surface area contributed by atoms with Gasteiger partial charge >= 0.3 is 0 Å². The number of hydrogen-bond acceptors (Lipinski definition) is 3. The summed E-state index contributed by atoms with van der Waals surface area (Å²) in [7, 11) is 0. The van der Waals surface area contributed by atoms with Crippen LogP contribution in [-0.4, -0.2) is 15.5 Å². The van der Waals surface area contributed by atoms with Crippen LogP contribution in [0.15, 0.2) is 29.6 Å². The lowest BCUT2D eigenvalue weighted by Crippen LogP contribution is -2.13. The molecule has 136 valence electrons. The van der Waals surface area contributed by atoms with E-state index in [4.69, 9.17) is 0 Å². The molecule has 0 radical (unpaired) electrons. The lowest BCUT2D eigenvalue weighted by atomic mass is 10.2. The molecule has 0 spiro atoms. The molecule has 4 nitrogen and oxygen atoms in total. The lowest BCUT2D eigenvalue weighted by molar-refractivity contribution is 0.102. The summed E-state index contributed by atoms with van der Waals surface area (Å²) in [6.45, 7) is 8.01. The van der Waals surface area contributed by atoms with E-state index in [9.17, 15) is 13.6 Å². The maximum absolute atomic E-state index is 13.4. The minimum atomic E-state index is -0.929. The molecule has 0 saturated carbocycles. The Morgan fingerprint density at radius 3 is 2.54 bits per heavy atom. The number of carbonyl (C=O) groups is 1. The average Bonchev–Trinajstić information content (AvgIpc) is 3.14. The Hall–Kier alpha value is -2.54. The third-order valence-electron chi connectivity index (χ3n) is 4.19. The first-order chi connectivity index (χ1) is 12.3. The summed E-state index contributed by atoms with van der Waals surface area (Å²) in [4.78, 5) is 16.9. The zero-order valence-corrected chi connectivity index (χ0v) is 15.7. The van der Waals surface area contributed by atoms with Gasteiger partial charge in [-0.3, -0.25) is 10.1 Å². The van der Waals surface area contributed by atoms with Crippen LogP contribution < -0.4 is 5.32 Å². The van der Waals surface area contributed by atoms with Crippen LogP contribution in [0.1, 0.15) is 41.6 Å². The van der Waals surface area contributed by atoms with E-state index >= 15 is 0 Å². The molecule has 0 bridgehead atoms. The maximum atomic E-state index is 13.4. The molecule has 0 aliphatic carbocycles. The van der Waals surface area contributed by atoms with E-state index in [-0.39, 0.29) is 11.9 Å². The number of amides is 1.